The predicted octanol–water partition coefficient (Wildman–Crippen LogP) is 4.20. The molecule has 0 bridgehead atoms. The molecule has 25 heavy (non-hydrogen) atoms. The largest absolute Gasteiger partial charge is 0.444 e. The average molecular weight is 340 g/mol. The van der Waals surface area contributed by atoms with E-state index >= 15 is 0 Å². The van der Waals surface area contributed by atoms with Crippen LogP contribution in [0.2, 0.25) is 0 Å². The molecule has 132 valence electrons. The molecule has 2 N–H and O–H groups in total. The lowest BCUT2D eigenvalue weighted by Gasteiger charge is -2.23. The molecule has 0 fully saturated rings. The Balaban J connectivity index is 2.21. The maximum Gasteiger partial charge on any atom is 0.408 e. The summed E-state index contributed by atoms with van der Waals surface area (Å²) in [6.07, 6.45) is -0.638. The van der Waals surface area contributed by atoms with E-state index in [1.54, 1.807) is 32.9 Å². The van der Waals surface area contributed by atoms with Crippen molar-refractivity contribution >= 4 is 17.7 Å². The predicted molar refractivity (Wildman–Crippen MR) is 98.4 cm³/mol. The molecule has 0 heterocycles. The number of carbonyl (C=O) groups excluding carboxylic acids is 2. The number of alkyl carbamates (subject to hydrolysis) is 1. The van der Waals surface area contributed by atoms with Crippen LogP contribution in [0.25, 0.3) is 0 Å². The summed E-state index contributed by atoms with van der Waals surface area (Å²) >= 11 is 0. The fourth-order valence-corrected chi connectivity index (χ4v) is 2.29. The Hall–Kier alpha value is -2.82. The molecule has 5 heteroatoms. The second-order valence-electron chi connectivity index (χ2n) is 6.79. The third-order valence-electron chi connectivity index (χ3n) is 3.46. The SMILES string of the molecule is Cc1ccccc1NC(=O)[C@H](NC(=O)OC(C)(C)C)c1ccccc1. The van der Waals surface area contributed by atoms with E-state index in [0.717, 1.165) is 5.56 Å². The van der Waals surface area contributed by atoms with Crippen molar-refractivity contribution in [2.75, 3.05) is 5.32 Å². The van der Waals surface area contributed by atoms with Crippen LogP contribution in [-0.4, -0.2) is 17.6 Å². The molecule has 2 aromatic carbocycles. The van der Waals surface area contributed by atoms with Crippen LogP contribution in [0, 0.1) is 6.92 Å². The van der Waals surface area contributed by atoms with Crippen molar-refractivity contribution in [3.63, 3.8) is 0 Å². The van der Waals surface area contributed by atoms with Crippen LogP contribution >= 0.6 is 0 Å². The summed E-state index contributed by atoms with van der Waals surface area (Å²) < 4.78 is 5.28. The third-order valence-corrected chi connectivity index (χ3v) is 3.46. The number of carbonyl (C=O) groups is 2. The normalized spacial score (nSPS) is 12.2. The Morgan fingerprint density at radius 2 is 1.56 bits per heavy atom. The highest BCUT2D eigenvalue weighted by Crippen LogP contribution is 2.19. The highest BCUT2D eigenvalue weighted by Gasteiger charge is 2.26. The van der Waals surface area contributed by atoms with Gasteiger partial charge >= 0.3 is 6.09 Å². The summed E-state index contributed by atoms with van der Waals surface area (Å²) in [6.45, 7) is 7.24. The van der Waals surface area contributed by atoms with Crippen LogP contribution in [0.3, 0.4) is 0 Å². The van der Waals surface area contributed by atoms with Crippen molar-refractivity contribution in [3.8, 4) is 0 Å². The Morgan fingerprint density at radius 1 is 0.960 bits per heavy atom. The molecule has 0 aliphatic carbocycles. The van der Waals surface area contributed by atoms with Crippen molar-refractivity contribution in [2.24, 2.45) is 0 Å². The number of nitrogens with one attached hydrogen (secondary N) is 2. The van der Waals surface area contributed by atoms with Crippen molar-refractivity contribution in [1.82, 2.24) is 5.32 Å². The van der Waals surface area contributed by atoms with Gasteiger partial charge in [0.05, 0.1) is 0 Å². The van der Waals surface area contributed by atoms with Crippen molar-refractivity contribution in [2.45, 2.75) is 39.3 Å². The Bertz CT molecular complexity index is 736. The summed E-state index contributed by atoms with van der Waals surface area (Å²) in [6, 6.07) is 15.7. The number of anilines is 1. The molecule has 0 saturated heterocycles. The van der Waals surface area contributed by atoms with Crippen LogP contribution < -0.4 is 10.6 Å². The number of amides is 2. The van der Waals surface area contributed by atoms with E-state index in [-0.39, 0.29) is 5.91 Å². The summed E-state index contributed by atoms with van der Waals surface area (Å²) in [4.78, 5) is 24.9. The van der Waals surface area contributed by atoms with Crippen molar-refractivity contribution in [3.05, 3.63) is 65.7 Å². The first-order valence-corrected chi connectivity index (χ1v) is 8.17. The quantitative estimate of drug-likeness (QED) is 0.876. The maximum atomic E-state index is 12.8. The zero-order valence-corrected chi connectivity index (χ0v) is 15.0. The second-order valence-corrected chi connectivity index (χ2v) is 6.79. The average Bonchev–Trinajstić information content (AvgIpc) is 2.54. The van der Waals surface area contributed by atoms with E-state index < -0.39 is 17.7 Å². The molecule has 0 aliphatic rings. The number of para-hydroxylation sites is 1. The minimum atomic E-state index is -0.851. The van der Waals surface area contributed by atoms with Gasteiger partial charge in [0.1, 0.15) is 11.6 Å². The molecule has 2 amide bonds. The van der Waals surface area contributed by atoms with Crippen molar-refractivity contribution < 1.29 is 14.3 Å². The Kier molecular flexibility index (Phi) is 5.80. The van der Waals surface area contributed by atoms with Gasteiger partial charge in [-0.05, 0) is 44.9 Å². The van der Waals surface area contributed by atoms with Gasteiger partial charge in [0.2, 0.25) is 0 Å². The first kappa shape index (κ1) is 18.5. The standard InChI is InChI=1S/C20H24N2O3/c1-14-10-8-9-13-16(14)21-18(23)17(15-11-6-5-7-12-15)22-19(24)25-20(2,3)4/h5-13,17H,1-4H3,(H,21,23)(H,22,24)/t17-/m1/s1. The number of rotatable bonds is 4. The number of aryl methyl sites for hydroxylation is 1. The molecule has 0 radical (unpaired) electrons. The summed E-state index contributed by atoms with van der Waals surface area (Å²) in [5.41, 5.74) is 1.69. The molecule has 2 rings (SSSR count). The molecule has 0 aliphatic heterocycles. The highest BCUT2D eigenvalue weighted by molar-refractivity contribution is 5.97. The minimum Gasteiger partial charge on any atom is -0.444 e. The number of hydrogen-bond donors (Lipinski definition) is 2. The van der Waals surface area contributed by atoms with Gasteiger partial charge in [0, 0.05) is 5.69 Å². The van der Waals surface area contributed by atoms with E-state index in [2.05, 4.69) is 10.6 Å². The summed E-state index contributed by atoms with van der Waals surface area (Å²) in [5.74, 6) is -0.327. The van der Waals surface area contributed by atoms with Gasteiger partial charge in [-0.1, -0.05) is 48.5 Å². The lowest BCUT2D eigenvalue weighted by Crippen LogP contribution is -2.40. The van der Waals surface area contributed by atoms with Crippen LogP contribution in [0.4, 0.5) is 10.5 Å². The molecule has 2 aromatic rings. The van der Waals surface area contributed by atoms with Crippen LogP contribution in [0.15, 0.2) is 54.6 Å². The van der Waals surface area contributed by atoms with Gasteiger partial charge in [0.25, 0.3) is 5.91 Å². The van der Waals surface area contributed by atoms with Gasteiger partial charge in [-0.15, -0.1) is 0 Å². The molecular formula is C20H24N2O3. The minimum absolute atomic E-state index is 0.327. The van der Waals surface area contributed by atoms with Crippen LogP contribution in [-0.2, 0) is 9.53 Å². The van der Waals surface area contributed by atoms with Gasteiger partial charge in [0.15, 0.2) is 0 Å². The van der Waals surface area contributed by atoms with Gasteiger partial charge in [-0.3, -0.25) is 4.79 Å². The van der Waals surface area contributed by atoms with Gasteiger partial charge in [-0.25, -0.2) is 4.79 Å². The Morgan fingerprint density at radius 3 is 2.16 bits per heavy atom. The molecule has 0 spiro atoms. The molecular weight excluding hydrogens is 316 g/mol. The molecule has 0 unspecified atom stereocenters. The van der Waals surface area contributed by atoms with E-state index in [0.29, 0.717) is 11.3 Å². The fourth-order valence-electron chi connectivity index (χ4n) is 2.29. The van der Waals surface area contributed by atoms with Crippen LogP contribution in [0.1, 0.15) is 37.9 Å². The van der Waals surface area contributed by atoms with E-state index in [1.165, 1.54) is 0 Å². The second kappa shape index (κ2) is 7.83. The summed E-state index contributed by atoms with van der Waals surface area (Å²) in [7, 11) is 0. The fraction of sp³-hybridized carbons (Fsp3) is 0.300. The van der Waals surface area contributed by atoms with Gasteiger partial charge < -0.3 is 15.4 Å². The highest BCUT2D eigenvalue weighted by atomic mass is 16.6. The maximum absolute atomic E-state index is 12.8. The van der Waals surface area contributed by atoms with E-state index in [9.17, 15) is 9.59 Å². The zero-order valence-electron chi connectivity index (χ0n) is 15.0. The van der Waals surface area contributed by atoms with E-state index in [4.69, 9.17) is 4.74 Å². The van der Waals surface area contributed by atoms with Gasteiger partial charge in [-0.2, -0.15) is 0 Å². The molecule has 1 atom stereocenters. The number of benzene rings is 2. The van der Waals surface area contributed by atoms with E-state index in [1.807, 2.05) is 49.4 Å². The first-order chi connectivity index (χ1) is 11.8. The molecule has 5 nitrogen and oxygen atoms in total. The topological polar surface area (TPSA) is 67.4 Å². The third kappa shape index (κ3) is 5.64. The number of ether oxygens (including phenoxy) is 1. The van der Waals surface area contributed by atoms with Crippen molar-refractivity contribution in [1.29, 1.82) is 0 Å². The zero-order chi connectivity index (χ0) is 18.4. The monoisotopic (exact) mass is 340 g/mol. The van der Waals surface area contributed by atoms with Crippen LogP contribution in [0.5, 0.6) is 0 Å². The molecule has 0 aromatic heterocycles. The molecule has 0 saturated carbocycles. The first-order valence-electron chi connectivity index (χ1n) is 8.17. The lowest BCUT2D eigenvalue weighted by atomic mass is 10.1. The Labute approximate surface area is 148 Å². The lowest BCUT2D eigenvalue weighted by molar-refractivity contribution is -0.118. The summed E-state index contributed by atoms with van der Waals surface area (Å²) in [5, 5.41) is 5.52. The number of hydrogen-bond acceptors (Lipinski definition) is 3. The smallest absolute Gasteiger partial charge is 0.408 e.